The highest BCUT2D eigenvalue weighted by molar-refractivity contribution is 7.90. The fourth-order valence-corrected chi connectivity index (χ4v) is 4.39. The molecule has 0 saturated heterocycles. The minimum Gasteiger partial charge on any atom is -0.282 e. The van der Waals surface area contributed by atoms with Crippen LogP contribution in [0.3, 0.4) is 0 Å². The van der Waals surface area contributed by atoms with E-state index in [9.17, 15) is 8.42 Å². The summed E-state index contributed by atoms with van der Waals surface area (Å²) in [6.07, 6.45) is 3.57. The van der Waals surface area contributed by atoms with Gasteiger partial charge < -0.3 is 0 Å². The predicted octanol–water partition coefficient (Wildman–Crippen LogP) is 4.47. The lowest BCUT2D eigenvalue weighted by Crippen LogP contribution is -2.45. The monoisotopic (exact) mass is 395 g/mol. The summed E-state index contributed by atoms with van der Waals surface area (Å²) in [6.45, 7) is 5.18. The molecule has 1 aromatic heterocycles. The van der Waals surface area contributed by atoms with Crippen LogP contribution in [-0.2, 0) is 10.0 Å². The summed E-state index contributed by atoms with van der Waals surface area (Å²) in [5.74, 6) is 0.388. The number of nitrogens with zero attached hydrogens (tertiary/aromatic N) is 1. The number of H-pyrrole nitrogens is 1. The van der Waals surface area contributed by atoms with Gasteiger partial charge in [0.2, 0.25) is 10.0 Å². The molecule has 7 heteroatoms. The maximum atomic E-state index is 12.3. The first-order valence-corrected chi connectivity index (χ1v) is 10.8. The molecule has 26 heavy (non-hydrogen) atoms. The average Bonchev–Trinajstić information content (AvgIpc) is 3.05. The summed E-state index contributed by atoms with van der Waals surface area (Å²) in [6, 6.07) is 9.75. The van der Waals surface area contributed by atoms with E-state index in [2.05, 4.69) is 21.0 Å². The highest BCUT2D eigenvalue weighted by Gasteiger charge is 2.33. The SMILES string of the molecule is CC(C)(C)S(=O)(=O)NC1CCC(c2cc(-c3ccc(Cl)cc3)n[nH]2)CC1. The van der Waals surface area contributed by atoms with Crippen LogP contribution in [0.15, 0.2) is 30.3 Å². The zero-order valence-corrected chi connectivity index (χ0v) is 17.0. The van der Waals surface area contributed by atoms with Crippen molar-refractivity contribution in [3.63, 3.8) is 0 Å². The molecule has 1 aromatic carbocycles. The number of hydrogen-bond acceptors (Lipinski definition) is 3. The van der Waals surface area contributed by atoms with E-state index in [0.29, 0.717) is 10.9 Å². The van der Waals surface area contributed by atoms with Crippen LogP contribution in [0, 0.1) is 0 Å². The van der Waals surface area contributed by atoms with Crippen molar-refractivity contribution in [2.75, 3.05) is 0 Å². The number of aromatic nitrogens is 2. The van der Waals surface area contributed by atoms with Crippen LogP contribution in [0.25, 0.3) is 11.3 Å². The second-order valence-electron chi connectivity index (χ2n) is 8.00. The number of sulfonamides is 1. The van der Waals surface area contributed by atoms with Crippen molar-refractivity contribution in [1.82, 2.24) is 14.9 Å². The Bertz CT molecular complexity index is 846. The van der Waals surface area contributed by atoms with Gasteiger partial charge in [0.05, 0.1) is 10.4 Å². The molecule has 0 spiro atoms. The summed E-state index contributed by atoms with van der Waals surface area (Å²) >= 11 is 5.94. The van der Waals surface area contributed by atoms with Gasteiger partial charge in [0.15, 0.2) is 0 Å². The predicted molar refractivity (Wildman–Crippen MR) is 106 cm³/mol. The molecule has 0 bridgehead atoms. The molecule has 1 fully saturated rings. The number of rotatable bonds is 4. The minimum absolute atomic E-state index is 0.0223. The summed E-state index contributed by atoms with van der Waals surface area (Å²) in [5.41, 5.74) is 3.06. The quantitative estimate of drug-likeness (QED) is 0.801. The van der Waals surface area contributed by atoms with Crippen molar-refractivity contribution in [2.45, 2.75) is 63.2 Å². The normalized spacial score (nSPS) is 21.7. The first-order chi connectivity index (χ1) is 12.2. The molecular formula is C19H26ClN3O2S. The summed E-state index contributed by atoms with van der Waals surface area (Å²) < 4.78 is 26.7. The Morgan fingerprint density at radius 2 is 1.73 bits per heavy atom. The van der Waals surface area contributed by atoms with Gasteiger partial charge in [-0.1, -0.05) is 23.7 Å². The molecule has 1 aliphatic carbocycles. The molecule has 0 atom stereocenters. The second kappa shape index (κ2) is 7.33. The number of halogens is 1. The van der Waals surface area contributed by atoms with Crippen molar-refractivity contribution in [1.29, 1.82) is 0 Å². The molecule has 0 amide bonds. The lowest BCUT2D eigenvalue weighted by molar-refractivity contribution is 0.367. The van der Waals surface area contributed by atoms with E-state index in [1.807, 2.05) is 24.3 Å². The van der Waals surface area contributed by atoms with Gasteiger partial charge in [-0.25, -0.2) is 13.1 Å². The van der Waals surface area contributed by atoms with Crippen LogP contribution in [0.4, 0.5) is 0 Å². The van der Waals surface area contributed by atoms with Gasteiger partial charge in [-0.3, -0.25) is 5.10 Å². The fraction of sp³-hybridized carbons (Fsp3) is 0.526. The van der Waals surface area contributed by atoms with Gasteiger partial charge >= 0.3 is 0 Å². The largest absolute Gasteiger partial charge is 0.282 e. The van der Waals surface area contributed by atoms with Crippen LogP contribution >= 0.6 is 11.6 Å². The summed E-state index contributed by atoms with van der Waals surface area (Å²) in [5, 5.41) is 8.29. The molecule has 0 aliphatic heterocycles. The third-order valence-electron chi connectivity index (χ3n) is 5.03. The number of aromatic amines is 1. The van der Waals surface area contributed by atoms with Gasteiger partial charge in [-0.05, 0) is 64.7 Å². The topological polar surface area (TPSA) is 74.8 Å². The van der Waals surface area contributed by atoms with Gasteiger partial charge in [-0.2, -0.15) is 5.10 Å². The second-order valence-corrected chi connectivity index (χ2v) is 10.9. The molecule has 2 N–H and O–H groups in total. The lowest BCUT2D eigenvalue weighted by atomic mass is 9.84. The molecule has 0 radical (unpaired) electrons. The molecule has 1 saturated carbocycles. The van der Waals surface area contributed by atoms with Gasteiger partial charge in [0.1, 0.15) is 0 Å². The zero-order valence-electron chi connectivity index (χ0n) is 15.4. The maximum Gasteiger partial charge on any atom is 0.216 e. The standard InChI is InChI=1S/C19H26ClN3O2S/c1-19(2,3)26(24,25)23-16-10-6-14(7-11-16)18-12-17(21-22-18)13-4-8-15(20)9-5-13/h4-5,8-9,12,14,16,23H,6-7,10-11H2,1-3H3,(H,21,22). The summed E-state index contributed by atoms with van der Waals surface area (Å²) in [7, 11) is -3.30. The highest BCUT2D eigenvalue weighted by Crippen LogP contribution is 2.34. The van der Waals surface area contributed by atoms with E-state index in [1.165, 1.54) is 0 Å². The van der Waals surface area contributed by atoms with E-state index in [1.54, 1.807) is 20.8 Å². The number of hydrogen-bond donors (Lipinski definition) is 2. The first kappa shape index (κ1) is 19.4. The third kappa shape index (κ3) is 4.30. The third-order valence-corrected chi connectivity index (χ3v) is 7.54. The first-order valence-electron chi connectivity index (χ1n) is 8.99. The van der Waals surface area contributed by atoms with Crippen LogP contribution < -0.4 is 4.72 Å². The molecule has 1 aliphatic rings. The Balaban J connectivity index is 1.61. The van der Waals surface area contributed by atoms with Crippen LogP contribution in [0.5, 0.6) is 0 Å². The zero-order chi connectivity index (χ0) is 18.9. The molecule has 0 unspecified atom stereocenters. The Morgan fingerprint density at radius 3 is 2.31 bits per heavy atom. The van der Waals surface area contributed by atoms with E-state index < -0.39 is 14.8 Å². The highest BCUT2D eigenvalue weighted by atomic mass is 35.5. The smallest absolute Gasteiger partial charge is 0.216 e. The molecule has 3 rings (SSSR count). The molecule has 2 aromatic rings. The Hall–Kier alpha value is -1.37. The van der Waals surface area contributed by atoms with Crippen LogP contribution in [-0.4, -0.2) is 29.4 Å². The van der Waals surface area contributed by atoms with Crippen molar-refractivity contribution in [3.8, 4) is 11.3 Å². The molecular weight excluding hydrogens is 370 g/mol. The Labute approximate surface area is 160 Å². The average molecular weight is 396 g/mol. The van der Waals surface area contributed by atoms with Gasteiger partial charge in [0.25, 0.3) is 0 Å². The van der Waals surface area contributed by atoms with Gasteiger partial charge in [-0.15, -0.1) is 0 Å². The number of nitrogens with one attached hydrogen (secondary N) is 2. The van der Waals surface area contributed by atoms with Crippen LogP contribution in [0.2, 0.25) is 5.02 Å². The molecule has 142 valence electrons. The van der Waals surface area contributed by atoms with Crippen molar-refractivity contribution in [3.05, 3.63) is 41.0 Å². The fourth-order valence-electron chi connectivity index (χ4n) is 3.23. The minimum atomic E-state index is -3.30. The van der Waals surface area contributed by atoms with E-state index in [4.69, 9.17) is 11.6 Å². The molecule has 1 heterocycles. The van der Waals surface area contributed by atoms with E-state index >= 15 is 0 Å². The van der Waals surface area contributed by atoms with Crippen molar-refractivity contribution < 1.29 is 8.42 Å². The Morgan fingerprint density at radius 1 is 1.12 bits per heavy atom. The number of benzene rings is 1. The maximum absolute atomic E-state index is 12.3. The van der Waals surface area contributed by atoms with Gasteiger partial charge in [0, 0.05) is 28.2 Å². The summed E-state index contributed by atoms with van der Waals surface area (Å²) in [4.78, 5) is 0. The van der Waals surface area contributed by atoms with Crippen molar-refractivity contribution in [2.24, 2.45) is 0 Å². The van der Waals surface area contributed by atoms with Crippen LogP contribution in [0.1, 0.15) is 58.1 Å². The van der Waals surface area contributed by atoms with E-state index in [0.717, 1.165) is 42.6 Å². The lowest BCUT2D eigenvalue weighted by Gasteiger charge is -2.30. The Kier molecular flexibility index (Phi) is 5.47. The molecule has 5 nitrogen and oxygen atoms in total. The van der Waals surface area contributed by atoms with Crippen molar-refractivity contribution >= 4 is 21.6 Å². The van der Waals surface area contributed by atoms with E-state index in [-0.39, 0.29) is 6.04 Å².